The van der Waals surface area contributed by atoms with Crippen molar-refractivity contribution in [3.05, 3.63) is 76.7 Å². The Morgan fingerprint density at radius 3 is 2.26 bits per heavy atom. The highest BCUT2D eigenvalue weighted by Crippen LogP contribution is 2.31. The number of alkyl halides is 3. The molecule has 162 valence electrons. The van der Waals surface area contributed by atoms with Crippen molar-refractivity contribution in [1.29, 1.82) is 0 Å². The highest BCUT2D eigenvalue weighted by atomic mass is 35.5. The van der Waals surface area contributed by atoms with Gasteiger partial charge in [0.1, 0.15) is 11.3 Å². The molecule has 0 aliphatic heterocycles. The van der Waals surface area contributed by atoms with Crippen LogP contribution in [0.3, 0.4) is 0 Å². The van der Waals surface area contributed by atoms with Gasteiger partial charge in [0.15, 0.2) is 0 Å². The van der Waals surface area contributed by atoms with E-state index in [1.54, 1.807) is 6.07 Å². The van der Waals surface area contributed by atoms with E-state index in [1.165, 1.54) is 31.5 Å². The molecule has 0 radical (unpaired) electrons. The van der Waals surface area contributed by atoms with Gasteiger partial charge in [-0.25, -0.2) is 0 Å². The number of aliphatic hydroxyl groups excluding tert-OH is 1. The number of hydrogen-bond acceptors (Lipinski definition) is 5. The van der Waals surface area contributed by atoms with E-state index < -0.39 is 29.9 Å². The van der Waals surface area contributed by atoms with Gasteiger partial charge in [-0.2, -0.15) is 13.2 Å². The van der Waals surface area contributed by atoms with Crippen LogP contribution in [0.25, 0.3) is 11.3 Å². The average Bonchev–Trinajstić information content (AvgIpc) is 2.73. The summed E-state index contributed by atoms with van der Waals surface area (Å²) in [4.78, 5) is 20.6. The lowest BCUT2D eigenvalue weighted by Gasteiger charge is -2.21. The van der Waals surface area contributed by atoms with Crippen LogP contribution in [-0.4, -0.2) is 32.7 Å². The third-order valence-corrected chi connectivity index (χ3v) is 4.80. The Bertz CT molecular complexity index is 1090. The van der Waals surface area contributed by atoms with Gasteiger partial charge >= 0.3 is 6.18 Å². The van der Waals surface area contributed by atoms with Crippen molar-refractivity contribution in [1.82, 2.24) is 9.97 Å². The second kappa shape index (κ2) is 8.62. The first-order chi connectivity index (χ1) is 14.5. The molecule has 1 amide bonds. The number of pyridine rings is 2. The first kappa shape index (κ1) is 22.7. The Labute approximate surface area is 180 Å². The van der Waals surface area contributed by atoms with Crippen LogP contribution in [-0.2, 0) is 11.8 Å². The van der Waals surface area contributed by atoms with Crippen LogP contribution >= 0.6 is 11.6 Å². The molecular formula is C21H17ClF3N3O3. The molecule has 0 spiro atoms. The highest BCUT2D eigenvalue weighted by molar-refractivity contribution is 6.33. The first-order valence-corrected chi connectivity index (χ1v) is 9.33. The lowest BCUT2D eigenvalue weighted by Crippen LogP contribution is -2.26. The number of nitrogens with one attached hydrogen (secondary N) is 1. The zero-order valence-electron chi connectivity index (χ0n) is 16.1. The van der Waals surface area contributed by atoms with Gasteiger partial charge in [0.05, 0.1) is 22.9 Å². The Hall–Kier alpha value is -3.01. The average molecular weight is 452 g/mol. The molecule has 3 N–H and O–H groups in total. The Morgan fingerprint density at radius 2 is 1.74 bits per heavy atom. The number of aliphatic hydroxyl groups is 2. The molecule has 2 aromatic heterocycles. The van der Waals surface area contributed by atoms with Gasteiger partial charge in [0.25, 0.3) is 5.91 Å². The second-order valence-electron chi connectivity index (χ2n) is 6.95. The molecular weight excluding hydrogens is 435 g/mol. The summed E-state index contributed by atoms with van der Waals surface area (Å²) in [5, 5.41) is 22.0. The van der Waals surface area contributed by atoms with Crippen molar-refractivity contribution in [2.75, 3.05) is 11.9 Å². The first-order valence-electron chi connectivity index (χ1n) is 8.95. The minimum absolute atomic E-state index is 0.0413. The van der Waals surface area contributed by atoms with Gasteiger partial charge in [0, 0.05) is 29.2 Å². The summed E-state index contributed by atoms with van der Waals surface area (Å²) in [5.41, 5.74) is -0.867. The normalized spacial score (nSPS) is 13.5. The molecule has 3 rings (SSSR count). The molecule has 0 saturated carbocycles. The van der Waals surface area contributed by atoms with E-state index in [0.717, 1.165) is 24.3 Å². The lowest BCUT2D eigenvalue weighted by atomic mass is 9.98. The number of nitrogens with zero attached hydrogens (tertiary/aromatic N) is 2. The van der Waals surface area contributed by atoms with Crippen LogP contribution in [0.15, 0.2) is 54.9 Å². The van der Waals surface area contributed by atoms with Gasteiger partial charge < -0.3 is 15.5 Å². The SMILES string of the molecule is C[C@@](O)(CO)c1cnc(-c2ccc(C(=O)Nc3ccc(C(F)(F)F)cc3)nc2)c(Cl)c1. The quantitative estimate of drug-likeness (QED) is 0.538. The number of carbonyl (C=O) groups excluding carboxylic acids is 1. The zero-order chi connectivity index (χ0) is 22.8. The highest BCUT2D eigenvalue weighted by Gasteiger charge is 2.30. The van der Waals surface area contributed by atoms with Crippen molar-refractivity contribution in [3.63, 3.8) is 0 Å². The van der Waals surface area contributed by atoms with Gasteiger partial charge in [0.2, 0.25) is 0 Å². The molecule has 0 aliphatic rings. The molecule has 0 bridgehead atoms. The van der Waals surface area contributed by atoms with Crippen LogP contribution in [0.4, 0.5) is 18.9 Å². The Kier molecular flexibility index (Phi) is 6.30. The molecule has 0 saturated heterocycles. The van der Waals surface area contributed by atoms with Crippen LogP contribution in [0.2, 0.25) is 5.02 Å². The number of anilines is 1. The summed E-state index contributed by atoms with van der Waals surface area (Å²) in [6.45, 7) is 0.917. The largest absolute Gasteiger partial charge is 0.416 e. The summed E-state index contributed by atoms with van der Waals surface area (Å²) in [7, 11) is 0. The van der Waals surface area contributed by atoms with Crippen molar-refractivity contribution in [2.45, 2.75) is 18.7 Å². The number of rotatable bonds is 5. The number of halogens is 4. The van der Waals surface area contributed by atoms with Crippen LogP contribution in [0.1, 0.15) is 28.5 Å². The molecule has 3 aromatic rings. The smallest absolute Gasteiger partial charge is 0.393 e. The van der Waals surface area contributed by atoms with E-state index in [2.05, 4.69) is 15.3 Å². The maximum atomic E-state index is 12.6. The van der Waals surface area contributed by atoms with E-state index in [0.29, 0.717) is 16.8 Å². The zero-order valence-corrected chi connectivity index (χ0v) is 16.9. The van der Waals surface area contributed by atoms with E-state index in [-0.39, 0.29) is 16.4 Å². The minimum Gasteiger partial charge on any atom is -0.393 e. The maximum absolute atomic E-state index is 12.6. The van der Waals surface area contributed by atoms with Gasteiger partial charge in [-0.05, 0) is 49.4 Å². The number of aromatic nitrogens is 2. The third kappa shape index (κ3) is 5.19. The molecule has 0 fully saturated rings. The van der Waals surface area contributed by atoms with Gasteiger partial charge in [-0.3, -0.25) is 14.8 Å². The summed E-state index contributed by atoms with van der Waals surface area (Å²) >= 11 is 6.24. The summed E-state index contributed by atoms with van der Waals surface area (Å²) in [5.74, 6) is -0.597. The summed E-state index contributed by atoms with van der Waals surface area (Å²) < 4.78 is 37.8. The molecule has 6 nitrogen and oxygen atoms in total. The predicted molar refractivity (Wildman–Crippen MR) is 109 cm³/mol. The molecule has 1 atom stereocenters. The molecule has 2 heterocycles. The number of hydrogen-bond donors (Lipinski definition) is 3. The third-order valence-electron chi connectivity index (χ3n) is 4.51. The fraction of sp³-hybridized carbons (Fsp3) is 0.190. The van der Waals surface area contributed by atoms with Gasteiger partial charge in [-0.15, -0.1) is 0 Å². The maximum Gasteiger partial charge on any atom is 0.416 e. The predicted octanol–water partition coefficient (Wildman–Crippen LogP) is 4.27. The van der Waals surface area contributed by atoms with Crippen molar-refractivity contribution in [3.8, 4) is 11.3 Å². The van der Waals surface area contributed by atoms with Crippen LogP contribution in [0, 0.1) is 0 Å². The van der Waals surface area contributed by atoms with Crippen molar-refractivity contribution < 1.29 is 28.2 Å². The molecule has 31 heavy (non-hydrogen) atoms. The van der Waals surface area contributed by atoms with Crippen molar-refractivity contribution in [2.24, 2.45) is 0 Å². The molecule has 0 aliphatic carbocycles. The molecule has 1 aromatic carbocycles. The Balaban J connectivity index is 1.75. The Morgan fingerprint density at radius 1 is 1.06 bits per heavy atom. The van der Waals surface area contributed by atoms with Crippen molar-refractivity contribution >= 4 is 23.2 Å². The molecule has 10 heteroatoms. The number of amides is 1. The molecule has 0 unspecified atom stereocenters. The monoisotopic (exact) mass is 451 g/mol. The van der Waals surface area contributed by atoms with Crippen LogP contribution in [0.5, 0.6) is 0 Å². The fourth-order valence-electron chi connectivity index (χ4n) is 2.64. The number of carbonyl (C=O) groups is 1. The van der Waals surface area contributed by atoms with E-state index in [4.69, 9.17) is 11.6 Å². The number of benzene rings is 1. The van der Waals surface area contributed by atoms with E-state index >= 15 is 0 Å². The standard InChI is InChI=1S/C21H17ClF3N3O3/c1-20(31,11-29)14-8-16(22)18(27-10-14)12-2-7-17(26-9-12)19(30)28-15-5-3-13(4-6-15)21(23,24)25/h2-10,29,31H,11H2,1H3,(H,28,30)/t20-/m1/s1. The minimum atomic E-state index is -4.46. The lowest BCUT2D eigenvalue weighted by molar-refractivity contribution is -0.137. The summed E-state index contributed by atoms with van der Waals surface area (Å²) in [6, 6.07) is 8.52. The van der Waals surface area contributed by atoms with Gasteiger partial charge in [-0.1, -0.05) is 11.6 Å². The topological polar surface area (TPSA) is 95.3 Å². The van der Waals surface area contributed by atoms with E-state index in [1.807, 2.05) is 0 Å². The van der Waals surface area contributed by atoms with E-state index in [9.17, 15) is 28.2 Å². The fourth-order valence-corrected chi connectivity index (χ4v) is 2.92. The second-order valence-corrected chi connectivity index (χ2v) is 7.35. The summed E-state index contributed by atoms with van der Waals surface area (Å²) in [6.07, 6.45) is -1.70. The van der Waals surface area contributed by atoms with Crippen LogP contribution < -0.4 is 5.32 Å².